The lowest BCUT2D eigenvalue weighted by Crippen LogP contribution is -2.47. The molecule has 1 amide bonds. The quantitative estimate of drug-likeness (QED) is 0.602. The molecule has 1 saturated heterocycles. The number of ether oxygens (including phenoxy) is 1. The number of hydrogen-bond donors (Lipinski definition) is 1. The van der Waals surface area contributed by atoms with Gasteiger partial charge < -0.3 is 10.1 Å². The van der Waals surface area contributed by atoms with Crippen LogP contribution >= 0.6 is 23.1 Å². The van der Waals surface area contributed by atoms with Crippen LogP contribution in [0, 0.1) is 0 Å². The van der Waals surface area contributed by atoms with Crippen molar-refractivity contribution in [2.45, 2.75) is 17.0 Å². The second-order valence-electron chi connectivity index (χ2n) is 6.75. The van der Waals surface area contributed by atoms with Gasteiger partial charge in [0.2, 0.25) is 5.91 Å². The van der Waals surface area contributed by atoms with Gasteiger partial charge in [0.05, 0.1) is 28.7 Å². The first-order valence-electron chi connectivity index (χ1n) is 9.39. The molecule has 1 N–H and O–H groups in total. The second kappa shape index (κ2) is 9.52. The number of carbonyl (C=O) groups excluding carboxylic acids is 1. The highest BCUT2D eigenvalue weighted by Crippen LogP contribution is 2.29. The van der Waals surface area contributed by atoms with E-state index in [1.54, 1.807) is 11.3 Å². The maximum Gasteiger partial charge on any atom is 0.230 e. The van der Waals surface area contributed by atoms with Crippen LogP contribution in [0.15, 0.2) is 58.9 Å². The predicted molar refractivity (Wildman–Crippen MR) is 115 cm³/mol. The first kappa shape index (κ1) is 19.4. The van der Waals surface area contributed by atoms with Crippen molar-refractivity contribution in [2.24, 2.45) is 0 Å². The summed E-state index contributed by atoms with van der Waals surface area (Å²) in [7, 11) is 0. The van der Waals surface area contributed by atoms with Gasteiger partial charge >= 0.3 is 0 Å². The minimum absolute atomic E-state index is 0.0213. The van der Waals surface area contributed by atoms with Gasteiger partial charge in [0.15, 0.2) is 4.34 Å². The molecule has 146 valence electrons. The number of fused-ring (bicyclic) bond motifs is 1. The van der Waals surface area contributed by atoms with Crippen molar-refractivity contribution in [3.05, 3.63) is 60.2 Å². The van der Waals surface area contributed by atoms with Crippen LogP contribution in [0.5, 0.6) is 0 Å². The summed E-state index contributed by atoms with van der Waals surface area (Å²) in [5, 5.41) is 3.01. The topological polar surface area (TPSA) is 54.5 Å². The average molecular weight is 414 g/mol. The van der Waals surface area contributed by atoms with E-state index < -0.39 is 0 Å². The first-order chi connectivity index (χ1) is 13.8. The number of amides is 1. The number of carbonyl (C=O) groups is 1. The molecule has 0 radical (unpaired) electrons. The molecule has 0 aliphatic carbocycles. The Hall–Kier alpha value is -1.93. The van der Waals surface area contributed by atoms with Gasteiger partial charge in [-0.05, 0) is 17.7 Å². The van der Waals surface area contributed by atoms with Crippen LogP contribution in [-0.4, -0.2) is 53.9 Å². The molecule has 28 heavy (non-hydrogen) atoms. The highest BCUT2D eigenvalue weighted by atomic mass is 32.2. The fourth-order valence-electron chi connectivity index (χ4n) is 3.21. The zero-order valence-electron chi connectivity index (χ0n) is 15.5. The van der Waals surface area contributed by atoms with E-state index in [2.05, 4.69) is 45.5 Å². The highest BCUT2D eigenvalue weighted by Gasteiger charge is 2.21. The third-order valence-corrected chi connectivity index (χ3v) is 6.78. The fourth-order valence-corrected chi connectivity index (χ4v) is 5.11. The van der Waals surface area contributed by atoms with E-state index in [0.717, 1.165) is 34.2 Å². The Kier molecular flexibility index (Phi) is 6.59. The van der Waals surface area contributed by atoms with E-state index in [4.69, 9.17) is 4.74 Å². The van der Waals surface area contributed by atoms with Crippen LogP contribution in [0.1, 0.15) is 5.56 Å². The SMILES string of the molecule is O=C(CSc1nc2ccccc2s1)NCC1CN(Cc2ccccc2)CCO1. The Balaban J connectivity index is 1.20. The van der Waals surface area contributed by atoms with Gasteiger partial charge in [-0.2, -0.15) is 0 Å². The smallest absolute Gasteiger partial charge is 0.230 e. The summed E-state index contributed by atoms with van der Waals surface area (Å²) in [5.74, 6) is 0.397. The number of para-hydroxylation sites is 1. The molecule has 0 bridgehead atoms. The van der Waals surface area contributed by atoms with Gasteiger partial charge in [0.1, 0.15) is 0 Å². The standard InChI is InChI=1S/C21H23N3O2S2/c25-20(15-27-21-23-18-8-4-5-9-19(18)28-21)22-12-17-14-24(10-11-26-17)13-16-6-2-1-3-7-16/h1-9,17H,10-15H2,(H,22,25). The summed E-state index contributed by atoms with van der Waals surface area (Å²) in [5.41, 5.74) is 2.30. The van der Waals surface area contributed by atoms with Gasteiger partial charge in [0, 0.05) is 26.2 Å². The van der Waals surface area contributed by atoms with Crippen LogP contribution < -0.4 is 5.32 Å². The van der Waals surface area contributed by atoms with Gasteiger partial charge in [-0.3, -0.25) is 9.69 Å². The van der Waals surface area contributed by atoms with Crippen molar-refractivity contribution in [1.29, 1.82) is 0 Å². The number of nitrogens with zero attached hydrogens (tertiary/aromatic N) is 2. The molecule has 0 spiro atoms. The molecule has 2 heterocycles. The van der Waals surface area contributed by atoms with Crippen molar-refractivity contribution in [3.8, 4) is 0 Å². The molecule has 1 aliphatic rings. The molecule has 4 rings (SSSR count). The average Bonchev–Trinajstić information content (AvgIpc) is 3.15. The number of nitrogens with one attached hydrogen (secondary N) is 1. The van der Waals surface area contributed by atoms with Crippen LogP contribution in [0.2, 0.25) is 0 Å². The zero-order chi connectivity index (χ0) is 19.2. The van der Waals surface area contributed by atoms with Gasteiger partial charge in [-0.15, -0.1) is 11.3 Å². The summed E-state index contributed by atoms with van der Waals surface area (Å²) < 4.78 is 7.91. The van der Waals surface area contributed by atoms with E-state index in [9.17, 15) is 4.79 Å². The summed E-state index contributed by atoms with van der Waals surface area (Å²) in [6, 6.07) is 18.5. The summed E-state index contributed by atoms with van der Waals surface area (Å²) >= 11 is 3.11. The van der Waals surface area contributed by atoms with E-state index in [0.29, 0.717) is 18.9 Å². The van der Waals surface area contributed by atoms with E-state index in [1.165, 1.54) is 17.3 Å². The number of morpholine rings is 1. The monoisotopic (exact) mass is 413 g/mol. The Morgan fingerprint density at radius 2 is 2.04 bits per heavy atom. The molecule has 2 aromatic carbocycles. The second-order valence-corrected chi connectivity index (χ2v) is 9.01. The van der Waals surface area contributed by atoms with Crippen LogP contribution in [0.3, 0.4) is 0 Å². The third kappa shape index (κ3) is 5.32. The number of benzene rings is 2. The number of thiazole rings is 1. The van der Waals surface area contributed by atoms with E-state index >= 15 is 0 Å². The molecule has 0 saturated carbocycles. The molecule has 1 unspecified atom stereocenters. The van der Waals surface area contributed by atoms with Gasteiger partial charge in [0.25, 0.3) is 0 Å². The third-order valence-electron chi connectivity index (χ3n) is 4.60. The van der Waals surface area contributed by atoms with Crippen molar-refractivity contribution in [1.82, 2.24) is 15.2 Å². The molecule has 5 nitrogen and oxygen atoms in total. The molecule has 1 aromatic heterocycles. The predicted octanol–water partition coefficient (Wildman–Crippen LogP) is 3.41. The lowest BCUT2D eigenvalue weighted by Gasteiger charge is -2.33. The summed E-state index contributed by atoms with van der Waals surface area (Å²) in [4.78, 5) is 19.2. The van der Waals surface area contributed by atoms with Crippen molar-refractivity contribution < 1.29 is 9.53 Å². The fraction of sp³-hybridized carbons (Fsp3) is 0.333. The number of rotatable bonds is 7. The number of aromatic nitrogens is 1. The molecule has 1 atom stereocenters. The largest absolute Gasteiger partial charge is 0.374 e. The maximum atomic E-state index is 12.2. The summed E-state index contributed by atoms with van der Waals surface area (Å²) in [6.45, 7) is 3.92. The number of thioether (sulfide) groups is 1. The molecule has 1 aliphatic heterocycles. The van der Waals surface area contributed by atoms with Crippen molar-refractivity contribution in [2.75, 3.05) is 32.0 Å². The highest BCUT2D eigenvalue weighted by molar-refractivity contribution is 8.01. The van der Waals surface area contributed by atoms with E-state index in [-0.39, 0.29) is 12.0 Å². The summed E-state index contributed by atoms with van der Waals surface area (Å²) in [6.07, 6.45) is 0.0360. The Bertz CT molecular complexity index is 883. The molecule has 1 fully saturated rings. The zero-order valence-corrected chi connectivity index (χ0v) is 17.2. The molecule has 7 heteroatoms. The molecule has 3 aromatic rings. The van der Waals surface area contributed by atoms with Gasteiger partial charge in [-0.25, -0.2) is 4.98 Å². The lowest BCUT2D eigenvalue weighted by molar-refractivity contribution is -0.119. The van der Waals surface area contributed by atoms with Crippen LogP contribution in [-0.2, 0) is 16.1 Å². The van der Waals surface area contributed by atoms with Crippen LogP contribution in [0.4, 0.5) is 0 Å². The maximum absolute atomic E-state index is 12.2. The normalized spacial score (nSPS) is 17.6. The van der Waals surface area contributed by atoms with Crippen molar-refractivity contribution >= 4 is 39.2 Å². The van der Waals surface area contributed by atoms with E-state index in [1.807, 2.05) is 24.3 Å². The Labute approximate surface area is 173 Å². The minimum atomic E-state index is 0.0213. The number of hydrogen-bond acceptors (Lipinski definition) is 6. The minimum Gasteiger partial charge on any atom is -0.374 e. The first-order valence-corrected chi connectivity index (χ1v) is 11.2. The van der Waals surface area contributed by atoms with Gasteiger partial charge in [-0.1, -0.05) is 54.2 Å². The Morgan fingerprint density at radius 1 is 1.21 bits per heavy atom. The molecular formula is C21H23N3O2S2. The Morgan fingerprint density at radius 3 is 2.89 bits per heavy atom. The van der Waals surface area contributed by atoms with Crippen LogP contribution in [0.25, 0.3) is 10.2 Å². The lowest BCUT2D eigenvalue weighted by atomic mass is 10.2. The van der Waals surface area contributed by atoms with Crippen molar-refractivity contribution in [3.63, 3.8) is 0 Å². The molecular weight excluding hydrogens is 390 g/mol.